The van der Waals surface area contributed by atoms with E-state index < -0.39 is 0 Å². The van der Waals surface area contributed by atoms with Gasteiger partial charge in [-0.2, -0.15) is 0 Å². The summed E-state index contributed by atoms with van der Waals surface area (Å²) in [6, 6.07) is 51.8. The number of aryl methyl sites for hydroxylation is 1. The van der Waals surface area contributed by atoms with Crippen molar-refractivity contribution in [2.75, 3.05) is 4.90 Å². The Morgan fingerprint density at radius 2 is 1.16 bits per heavy atom. The van der Waals surface area contributed by atoms with Gasteiger partial charge in [0.05, 0.1) is 11.4 Å². The van der Waals surface area contributed by atoms with Gasteiger partial charge in [0.1, 0.15) is 11.9 Å². The van der Waals surface area contributed by atoms with Crippen LogP contribution in [-0.2, 0) is 5.41 Å². The first kappa shape index (κ1) is 30.2. The van der Waals surface area contributed by atoms with Crippen molar-refractivity contribution in [2.45, 2.75) is 56.5 Å². The van der Waals surface area contributed by atoms with Crippen molar-refractivity contribution in [1.29, 1.82) is 0 Å². The highest BCUT2D eigenvalue weighted by Crippen LogP contribution is 2.59. The van der Waals surface area contributed by atoms with Crippen LogP contribution in [0.25, 0.3) is 27.8 Å². The molecule has 2 heteroatoms. The second-order valence-electron chi connectivity index (χ2n) is 14.8. The number of benzene rings is 6. The fraction of sp³-hybridized carbons (Fsp3) is 0.184. The van der Waals surface area contributed by atoms with Crippen LogP contribution in [0.3, 0.4) is 0 Å². The summed E-state index contributed by atoms with van der Waals surface area (Å²) in [6.45, 7) is 2.27. The summed E-state index contributed by atoms with van der Waals surface area (Å²) in [5.41, 5.74) is 16.9. The minimum Gasteiger partial charge on any atom is -0.485 e. The van der Waals surface area contributed by atoms with E-state index in [0.717, 1.165) is 18.6 Å². The van der Waals surface area contributed by atoms with Crippen molar-refractivity contribution in [1.82, 2.24) is 0 Å². The minimum absolute atomic E-state index is 0.0529. The van der Waals surface area contributed by atoms with E-state index in [1.165, 1.54) is 92.0 Å². The second-order valence-corrected chi connectivity index (χ2v) is 14.8. The van der Waals surface area contributed by atoms with Crippen LogP contribution >= 0.6 is 0 Å². The number of nitrogens with zero attached hydrogens (tertiary/aromatic N) is 1. The van der Waals surface area contributed by atoms with Gasteiger partial charge in [0.15, 0.2) is 0 Å². The summed E-state index contributed by atoms with van der Waals surface area (Å²) in [7, 11) is 0. The highest BCUT2D eigenvalue weighted by atomic mass is 16.5. The van der Waals surface area contributed by atoms with Gasteiger partial charge in [0.2, 0.25) is 0 Å². The maximum atomic E-state index is 6.34. The fourth-order valence-electron chi connectivity index (χ4n) is 9.41. The molecule has 0 radical (unpaired) electrons. The van der Waals surface area contributed by atoms with Crippen molar-refractivity contribution >= 4 is 22.6 Å². The van der Waals surface area contributed by atoms with Crippen molar-refractivity contribution in [3.63, 3.8) is 0 Å². The number of para-hydroxylation sites is 1. The topological polar surface area (TPSA) is 12.5 Å². The average Bonchev–Trinajstić information content (AvgIpc) is 3.57. The van der Waals surface area contributed by atoms with Crippen LogP contribution in [0, 0.1) is 6.92 Å². The van der Waals surface area contributed by atoms with Gasteiger partial charge >= 0.3 is 0 Å². The van der Waals surface area contributed by atoms with E-state index in [1.807, 2.05) is 0 Å². The van der Waals surface area contributed by atoms with E-state index in [1.54, 1.807) is 0 Å². The quantitative estimate of drug-likeness (QED) is 0.187. The Labute approximate surface area is 301 Å². The smallest absolute Gasteiger partial charge is 0.128 e. The van der Waals surface area contributed by atoms with Crippen molar-refractivity contribution in [3.8, 4) is 28.0 Å². The third-order valence-corrected chi connectivity index (χ3v) is 11.9. The highest BCUT2D eigenvalue weighted by molar-refractivity contribution is 5.91. The summed E-state index contributed by atoms with van der Waals surface area (Å²) in [6.07, 6.45) is 13.2. The van der Waals surface area contributed by atoms with Crippen LogP contribution in [0.2, 0.25) is 0 Å². The number of rotatable bonds is 4. The van der Waals surface area contributed by atoms with Gasteiger partial charge in [-0.15, -0.1) is 0 Å². The number of ether oxygens (including phenoxy) is 1. The molecule has 51 heavy (non-hydrogen) atoms. The Morgan fingerprint density at radius 1 is 0.569 bits per heavy atom. The van der Waals surface area contributed by atoms with Gasteiger partial charge < -0.3 is 9.64 Å². The molecule has 1 saturated carbocycles. The molecule has 2 nitrogen and oxygen atoms in total. The van der Waals surface area contributed by atoms with E-state index in [2.05, 4.69) is 170 Å². The Bertz CT molecular complexity index is 2340. The summed E-state index contributed by atoms with van der Waals surface area (Å²) < 4.78 is 6.34. The predicted octanol–water partition coefficient (Wildman–Crippen LogP) is 12.9. The second kappa shape index (κ2) is 12.0. The van der Waals surface area contributed by atoms with Gasteiger partial charge in [0, 0.05) is 22.6 Å². The molecule has 2 heterocycles. The molecular formula is C49H41NO. The number of hydrogen-bond donors (Lipinski definition) is 0. The lowest BCUT2D eigenvalue weighted by atomic mass is 9.62. The summed E-state index contributed by atoms with van der Waals surface area (Å²) in [5, 5.41) is 0. The molecule has 4 aliphatic rings. The molecule has 2 aliphatic carbocycles. The molecule has 2 aliphatic heterocycles. The van der Waals surface area contributed by atoms with Gasteiger partial charge in [-0.1, -0.05) is 128 Å². The molecule has 248 valence electrons. The average molecular weight is 660 g/mol. The fourth-order valence-corrected chi connectivity index (χ4v) is 9.41. The molecule has 0 saturated heterocycles. The molecule has 2 unspecified atom stereocenters. The first-order chi connectivity index (χ1) is 25.2. The van der Waals surface area contributed by atoms with Crippen molar-refractivity contribution in [2.24, 2.45) is 0 Å². The van der Waals surface area contributed by atoms with E-state index in [0.29, 0.717) is 0 Å². The van der Waals surface area contributed by atoms with Crippen molar-refractivity contribution < 1.29 is 4.74 Å². The Hall–Kier alpha value is -5.60. The van der Waals surface area contributed by atoms with Crippen molar-refractivity contribution in [3.05, 3.63) is 186 Å². The molecule has 6 aromatic rings. The monoisotopic (exact) mass is 659 g/mol. The van der Waals surface area contributed by atoms with Crippen LogP contribution < -0.4 is 9.64 Å². The number of anilines is 3. The van der Waals surface area contributed by atoms with Gasteiger partial charge in [-0.3, -0.25) is 0 Å². The van der Waals surface area contributed by atoms with Crippen LogP contribution in [0.1, 0.15) is 65.8 Å². The predicted molar refractivity (Wildman–Crippen MR) is 211 cm³/mol. The summed E-state index contributed by atoms with van der Waals surface area (Å²) in [4.78, 5) is 2.56. The van der Waals surface area contributed by atoms with Gasteiger partial charge in [0.25, 0.3) is 0 Å². The zero-order chi connectivity index (χ0) is 33.9. The van der Waals surface area contributed by atoms with Crippen LogP contribution in [0.4, 0.5) is 17.1 Å². The maximum Gasteiger partial charge on any atom is 0.128 e. The number of hydrogen-bond acceptors (Lipinski definition) is 2. The number of allylic oxidation sites excluding steroid dienone is 2. The molecule has 10 rings (SSSR count). The normalized spacial score (nSPS) is 19.4. The molecule has 0 N–H and O–H groups in total. The van der Waals surface area contributed by atoms with E-state index in [9.17, 15) is 0 Å². The zero-order valence-corrected chi connectivity index (χ0v) is 29.1. The Kier molecular flexibility index (Phi) is 7.13. The number of fused-ring (bicyclic) bond motifs is 7. The molecule has 2 atom stereocenters. The molecular weight excluding hydrogens is 619 g/mol. The highest BCUT2D eigenvalue weighted by Gasteiger charge is 2.45. The lowest BCUT2D eigenvalue weighted by molar-refractivity contribution is 0.269. The van der Waals surface area contributed by atoms with Gasteiger partial charge in [-0.05, 0) is 118 Å². The lowest BCUT2D eigenvalue weighted by Crippen LogP contribution is -2.37. The summed E-state index contributed by atoms with van der Waals surface area (Å²) in [5.74, 6) is 1.24. The first-order valence-electron chi connectivity index (χ1n) is 18.6. The third kappa shape index (κ3) is 4.92. The van der Waals surface area contributed by atoms with E-state index in [-0.39, 0.29) is 17.4 Å². The zero-order valence-electron chi connectivity index (χ0n) is 29.1. The SMILES string of the molecule is Cc1cc(-c2ccccc2)ccc1N1c2ccc(C3=CC4c5ccccc5OC4C=C3)cc2C2(CCCCC2)c2cc(-c3ccccc3)ccc21. The van der Waals surface area contributed by atoms with Crippen LogP contribution in [0.5, 0.6) is 5.75 Å². The molecule has 1 fully saturated rings. The van der Waals surface area contributed by atoms with Gasteiger partial charge in [-0.25, -0.2) is 0 Å². The molecule has 0 aromatic heterocycles. The standard InChI is InChI=1S/C49H41NO/c1-33-29-36(34-13-5-2-6-14-34)19-23-44(33)50-45-24-20-38(35-15-7-3-8-16-35)31-42(45)49(27-11-4-12-28-49)43-32-39(21-25-46(43)50)37-22-26-48-41(30-37)40-17-9-10-18-47(40)51-48/h2-3,5-10,13-26,29-32,41,48H,4,11-12,27-28H2,1H3. The summed E-state index contributed by atoms with van der Waals surface area (Å²) >= 11 is 0. The molecule has 0 bridgehead atoms. The maximum absolute atomic E-state index is 6.34. The molecule has 6 aromatic carbocycles. The molecule has 1 spiro atoms. The van der Waals surface area contributed by atoms with E-state index in [4.69, 9.17) is 4.74 Å². The lowest BCUT2D eigenvalue weighted by Gasteiger charge is -2.48. The van der Waals surface area contributed by atoms with Crippen LogP contribution in [0.15, 0.2) is 158 Å². The molecule has 0 amide bonds. The first-order valence-corrected chi connectivity index (χ1v) is 18.6. The largest absolute Gasteiger partial charge is 0.485 e. The minimum atomic E-state index is -0.0529. The van der Waals surface area contributed by atoms with Crippen LogP contribution in [-0.4, -0.2) is 6.10 Å². The Morgan fingerprint density at radius 3 is 1.84 bits per heavy atom. The Balaban J connectivity index is 1.17. The van der Waals surface area contributed by atoms with E-state index >= 15 is 0 Å². The third-order valence-electron chi connectivity index (χ3n) is 11.9.